The number of nitrogens with zero attached hydrogens (tertiary/aromatic N) is 2. The van der Waals surface area contributed by atoms with Crippen LogP contribution in [0, 0.1) is 18.3 Å². The molecule has 0 radical (unpaired) electrons. The number of nitrogens with two attached hydrogens (primary N) is 1. The molecule has 0 aliphatic carbocycles. The van der Waals surface area contributed by atoms with E-state index in [2.05, 4.69) is 31.4 Å². The van der Waals surface area contributed by atoms with Crippen molar-refractivity contribution in [3.63, 3.8) is 0 Å². The molecule has 4 rings (SSSR count). The van der Waals surface area contributed by atoms with Crippen LogP contribution in [-0.2, 0) is 10.2 Å². The van der Waals surface area contributed by atoms with E-state index in [1.807, 2.05) is 6.07 Å². The summed E-state index contributed by atoms with van der Waals surface area (Å²) in [4.78, 5) is 12.9. The quantitative estimate of drug-likeness (QED) is 0.652. The molecule has 1 atom stereocenters. The molecule has 1 aromatic heterocycles. The van der Waals surface area contributed by atoms with Gasteiger partial charge in [0, 0.05) is 21.3 Å². The third-order valence-corrected chi connectivity index (χ3v) is 4.69. The van der Waals surface area contributed by atoms with Gasteiger partial charge in [-0.1, -0.05) is 15.9 Å². The average Bonchev–Trinajstić information content (AvgIpc) is 3.00. The van der Waals surface area contributed by atoms with E-state index >= 15 is 0 Å². The topological polar surface area (TPSA) is 117 Å². The van der Waals surface area contributed by atoms with Crippen molar-refractivity contribution in [2.75, 3.05) is 5.32 Å². The Morgan fingerprint density at radius 2 is 2.26 bits per heavy atom. The Balaban J connectivity index is 2.19. The van der Waals surface area contributed by atoms with Crippen molar-refractivity contribution in [2.45, 2.75) is 12.3 Å². The Morgan fingerprint density at radius 3 is 3.00 bits per heavy atom. The largest absolute Gasteiger partial charge is 0.440 e. The van der Waals surface area contributed by atoms with Crippen LogP contribution in [0.2, 0.25) is 0 Å². The second-order valence-corrected chi connectivity index (χ2v) is 6.29. The molecule has 8 heteroatoms. The van der Waals surface area contributed by atoms with Crippen LogP contribution in [0.15, 0.2) is 34.1 Å². The molecule has 2 aliphatic rings. The highest BCUT2D eigenvalue weighted by molar-refractivity contribution is 9.10. The number of H-pyrrole nitrogens is 1. The van der Waals surface area contributed by atoms with Gasteiger partial charge >= 0.3 is 0 Å². The number of carbonyl (C=O) groups excluding carboxylic acids is 1. The summed E-state index contributed by atoms with van der Waals surface area (Å²) in [7, 11) is 0. The van der Waals surface area contributed by atoms with Gasteiger partial charge in [0.15, 0.2) is 5.82 Å². The zero-order valence-electron chi connectivity index (χ0n) is 11.9. The lowest BCUT2D eigenvalue weighted by molar-refractivity contribution is -0.118. The minimum atomic E-state index is -1.36. The number of amides is 1. The number of anilines is 1. The van der Waals surface area contributed by atoms with Crippen LogP contribution in [-0.4, -0.2) is 16.1 Å². The van der Waals surface area contributed by atoms with E-state index in [0.717, 1.165) is 4.47 Å². The molecular weight excluding hydrogens is 362 g/mol. The van der Waals surface area contributed by atoms with Crippen LogP contribution in [0.1, 0.15) is 16.8 Å². The molecule has 4 N–H and O–H groups in total. The zero-order valence-corrected chi connectivity index (χ0v) is 13.5. The molecule has 0 saturated carbocycles. The van der Waals surface area contributed by atoms with Crippen molar-refractivity contribution in [3.8, 4) is 11.8 Å². The van der Waals surface area contributed by atoms with Gasteiger partial charge in [-0.15, -0.1) is 0 Å². The van der Waals surface area contributed by atoms with E-state index in [1.165, 1.54) is 0 Å². The molecule has 0 fully saturated rings. The Labute approximate surface area is 139 Å². The van der Waals surface area contributed by atoms with E-state index in [-0.39, 0.29) is 17.4 Å². The van der Waals surface area contributed by atoms with Gasteiger partial charge in [-0.25, -0.2) is 0 Å². The van der Waals surface area contributed by atoms with E-state index in [1.54, 1.807) is 25.1 Å². The molecule has 0 saturated heterocycles. The van der Waals surface area contributed by atoms with Gasteiger partial charge in [0.25, 0.3) is 0 Å². The number of hydrogen-bond acceptors (Lipinski definition) is 5. The fourth-order valence-electron chi connectivity index (χ4n) is 3.30. The molecule has 23 heavy (non-hydrogen) atoms. The number of aromatic amines is 1. The zero-order chi connectivity index (χ0) is 16.4. The number of fused-ring (bicyclic) bond motifs is 4. The van der Waals surface area contributed by atoms with Gasteiger partial charge in [0.2, 0.25) is 11.8 Å². The molecule has 2 aromatic rings. The monoisotopic (exact) mass is 371 g/mol. The van der Waals surface area contributed by atoms with Crippen LogP contribution in [0.5, 0.6) is 5.75 Å². The number of halogens is 1. The molecule has 0 bridgehead atoms. The average molecular weight is 372 g/mol. The molecule has 1 spiro atoms. The fourth-order valence-corrected chi connectivity index (χ4v) is 3.66. The van der Waals surface area contributed by atoms with Crippen molar-refractivity contribution in [2.24, 2.45) is 5.73 Å². The van der Waals surface area contributed by atoms with Gasteiger partial charge in [-0.2, -0.15) is 10.4 Å². The molecule has 1 amide bonds. The SMILES string of the molecule is Cc1[nH]nc2c1[C@@]1(C(=O)N2)C(C#N)=C(N)Oc2ccc(Br)cc21. The lowest BCUT2D eigenvalue weighted by Crippen LogP contribution is -2.42. The highest BCUT2D eigenvalue weighted by Crippen LogP contribution is 2.53. The lowest BCUT2D eigenvalue weighted by atomic mass is 9.69. The van der Waals surface area contributed by atoms with Gasteiger partial charge in [0.05, 0.1) is 0 Å². The van der Waals surface area contributed by atoms with Crippen molar-refractivity contribution in [3.05, 3.63) is 50.9 Å². The third kappa shape index (κ3) is 1.52. The summed E-state index contributed by atoms with van der Waals surface area (Å²) in [5.74, 6) is 0.398. The summed E-state index contributed by atoms with van der Waals surface area (Å²) in [6, 6.07) is 7.31. The minimum absolute atomic E-state index is 0.0591. The van der Waals surface area contributed by atoms with Crippen molar-refractivity contribution >= 4 is 27.7 Å². The number of hydrogen-bond donors (Lipinski definition) is 3. The molecule has 2 aliphatic heterocycles. The van der Waals surface area contributed by atoms with Crippen LogP contribution in [0.25, 0.3) is 0 Å². The maximum atomic E-state index is 12.9. The Kier molecular flexibility index (Phi) is 2.63. The molecule has 1 aromatic carbocycles. The number of rotatable bonds is 0. The number of aryl methyl sites for hydroxylation is 1. The number of ether oxygens (including phenoxy) is 1. The second-order valence-electron chi connectivity index (χ2n) is 5.37. The first kappa shape index (κ1) is 13.8. The smallest absolute Gasteiger partial charge is 0.246 e. The summed E-state index contributed by atoms with van der Waals surface area (Å²) in [5.41, 5.74) is 6.49. The van der Waals surface area contributed by atoms with Crippen molar-refractivity contribution < 1.29 is 9.53 Å². The first-order valence-electron chi connectivity index (χ1n) is 6.75. The number of benzene rings is 1. The maximum absolute atomic E-state index is 12.9. The predicted octanol–water partition coefficient (Wildman–Crippen LogP) is 1.81. The van der Waals surface area contributed by atoms with E-state index < -0.39 is 5.41 Å². The fraction of sp³-hybridized carbons (Fsp3) is 0.133. The summed E-state index contributed by atoms with van der Waals surface area (Å²) in [5, 5.41) is 19.3. The normalized spacial score (nSPS) is 21.5. The van der Waals surface area contributed by atoms with Gasteiger partial charge in [-0.3, -0.25) is 9.89 Å². The van der Waals surface area contributed by atoms with Gasteiger partial charge in [-0.05, 0) is 25.1 Å². The Morgan fingerprint density at radius 1 is 1.48 bits per heavy atom. The third-order valence-electron chi connectivity index (χ3n) is 4.19. The van der Waals surface area contributed by atoms with Gasteiger partial charge < -0.3 is 15.8 Å². The molecule has 114 valence electrons. The maximum Gasteiger partial charge on any atom is 0.246 e. The van der Waals surface area contributed by atoms with Crippen LogP contribution >= 0.6 is 15.9 Å². The van der Waals surface area contributed by atoms with Crippen LogP contribution in [0.4, 0.5) is 5.82 Å². The Hall–Kier alpha value is -2.79. The molecular formula is C15H10BrN5O2. The van der Waals surface area contributed by atoms with Crippen molar-refractivity contribution in [1.29, 1.82) is 5.26 Å². The van der Waals surface area contributed by atoms with E-state index in [0.29, 0.717) is 28.4 Å². The lowest BCUT2D eigenvalue weighted by Gasteiger charge is -2.33. The predicted molar refractivity (Wildman–Crippen MR) is 84.3 cm³/mol. The minimum Gasteiger partial charge on any atom is -0.440 e. The highest BCUT2D eigenvalue weighted by Gasteiger charge is 2.58. The first-order chi connectivity index (χ1) is 11.0. The van der Waals surface area contributed by atoms with Crippen molar-refractivity contribution in [1.82, 2.24) is 10.2 Å². The number of nitriles is 1. The summed E-state index contributed by atoms with van der Waals surface area (Å²) >= 11 is 3.41. The molecule has 3 heterocycles. The standard InChI is InChI=1S/C15H10BrN5O2/c1-6-11-13(21-20-6)19-14(22)15(11)8-4-7(16)2-3-10(8)23-12(18)9(15)5-17/h2-4H,18H2,1H3,(H2,19,20,21,22)/t15-/m0/s1. The summed E-state index contributed by atoms with van der Waals surface area (Å²) in [6.07, 6.45) is 0. The number of carbonyl (C=O) groups is 1. The second kappa shape index (κ2) is 4.36. The van der Waals surface area contributed by atoms with Crippen LogP contribution in [0.3, 0.4) is 0 Å². The summed E-state index contributed by atoms with van der Waals surface area (Å²) in [6.45, 7) is 1.80. The molecule has 7 nitrogen and oxygen atoms in total. The van der Waals surface area contributed by atoms with Gasteiger partial charge in [0.1, 0.15) is 22.8 Å². The number of nitrogens with one attached hydrogen (secondary N) is 2. The molecule has 0 unspecified atom stereocenters. The van der Waals surface area contributed by atoms with E-state index in [4.69, 9.17) is 10.5 Å². The first-order valence-corrected chi connectivity index (χ1v) is 7.54. The highest BCUT2D eigenvalue weighted by atomic mass is 79.9. The number of aromatic nitrogens is 2. The van der Waals surface area contributed by atoms with Crippen LogP contribution < -0.4 is 15.8 Å². The Bertz CT molecular complexity index is 955. The van der Waals surface area contributed by atoms with E-state index in [9.17, 15) is 10.1 Å². The summed E-state index contributed by atoms with van der Waals surface area (Å²) < 4.78 is 6.32.